The summed E-state index contributed by atoms with van der Waals surface area (Å²) in [5, 5.41) is 17.5. The van der Waals surface area contributed by atoms with Crippen LogP contribution in [0.15, 0.2) is 29.8 Å². The average Bonchev–Trinajstić information content (AvgIpc) is 2.76. The fourth-order valence-corrected chi connectivity index (χ4v) is 6.97. The number of benzene rings is 1. The first-order valence-electron chi connectivity index (χ1n) is 11.3. The van der Waals surface area contributed by atoms with Crippen molar-refractivity contribution in [3.63, 3.8) is 0 Å². The van der Waals surface area contributed by atoms with Crippen LogP contribution in [0.25, 0.3) is 5.76 Å². The van der Waals surface area contributed by atoms with E-state index >= 15 is 0 Å². The minimum Gasteiger partial charge on any atom is -0.496 e. The first kappa shape index (κ1) is 22.9. The molecule has 5 rings (SSSR count). The van der Waals surface area contributed by atoms with Crippen LogP contribution in [0.3, 0.4) is 0 Å². The van der Waals surface area contributed by atoms with Crippen molar-refractivity contribution in [1.29, 1.82) is 10.5 Å². The molecule has 0 amide bonds. The van der Waals surface area contributed by atoms with Crippen molar-refractivity contribution in [3.8, 4) is 17.9 Å². The zero-order valence-corrected chi connectivity index (χ0v) is 19.3. The molecule has 4 aliphatic carbocycles. The fraction of sp³-hybridized carbons (Fsp3) is 0.583. The summed E-state index contributed by atoms with van der Waals surface area (Å²) in [6.45, 7) is -0.168. The molecule has 0 N–H and O–H groups in total. The van der Waals surface area contributed by atoms with Crippen LogP contribution in [0.5, 0.6) is 5.75 Å². The maximum absolute atomic E-state index is 13.1. The molecule has 4 aliphatic rings. The molecule has 7 nitrogen and oxygen atoms in total. The third kappa shape index (κ3) is 5.02. The molecule has 4 saturated carbocycles. The van der Waals surface area contributed by atoms with E-state index in [0.29, 0.717) is 17.6 Å². The summed E-state index contributed by atoms with van der Waals surface area (Å²) >= 11 is 0. The molecular weight excluding hydrogens is 427 g/mol. The van der Waals surface area contributed by atoms with Crippen molar-refractivity contribution in [1.82, 2.24) is 0 Å². The number of allylic oxidation sites excluding steroid dienone is 1. The topological polar surface area (TPSA) is 102 Å². The van der Waals surface area contributed by atoms with Crippen molar-refractivity contribution in [2.24, 2.45) is 23.7 Å². The number of nitrogens with zero attached hydrogens (tertiary/aromatic N) is 2. The van der Waals surface area contributed by atoms with Crippen LogP contribution in [-0.4, -0.2) is 20.3 Å². The summed E-state index contributed by atoms with van der Waals surface area (Å²) < 4.78 is 35.2. The van der Waals surface area contributed by atoms with Crippen LogP contribution in [0, 0.1) is 46.3 Å². The molecule has 0 aliphatic heterocycles. The maximum Gasteiger partial charge on any atom is 0.530 e. The van der Waals surface area contributed by atoms with Crippen molar-refractivity contribution in [2.45, 2.75) is 44.9 Å². The third-order valence-corrected chi connectivity index (χ3v) is 8.16. The van der Waals surface area contributed by atoms with E-state index in [4.69, 9.17) is 28.8 Å². The zero-order chi connectivity index (χ0) is 22.6. The van der Waals surface area contributed by atoms with E-state index in [2.05, 4.69) is 0 Å². The van der Waals surface area contributed by atoms with Crippen LogP contribution in [0.1, 0.15) is 50.5 Å². The van der Waals surface area contributed by atoms with Gasteiger partial charge < -0.3 is 9.26 Å². The Bertz CT molecular complexity index is 939. The highest BCUT2D eigenvalue weighted by molar-refractivity contribution is 7.48. The zero-order valence-electron chi connectivity index (χ0n) is 18.4. The summed E-state index contributed by atoms with van der Waals surface area (Å²) in [5.41, 5.74) is 2.31. The second kappa shape index (κ2) is 10.1. The number of rotatable bonds is 10. The number of hydrogen-bond acceptors (Lipinski definition) is 7. The molecule has 1 aromatic carbocycles. The Kier molecular flexibility index (Phi) is 7.21. The van der Waals surface area contributed by atoms with Gasteiger partial charge in [-0.25, -0.2) is 4.57 Å². The molecule has 8 heteroatoms. The van der Waals surface area contributed by atoms with Gasteiger partial charge in [0.1, 0.15) is 11.5 Å². The minimum atomic E-state index is -3.97. The summed E-state index contributed by atoms with van der Waals surface area (Å²) in [6, 6.07) is 11.2. The van der Waals surface area contributed by atoms with E-state index < -0.39 is 7.82 Å². The molecule has 0 atom stereocenters. The molecule has 0 radical (unpaired) electrons. The van der Waals surface area contributed by atoms with Gasteiger partial charge in [-0.05, 0) is 73.5 Å². The molecule has 0 saturated heterocycles. The van der Waals surface area contributed by atoms with Crippen molar-refractivity contribution >= 4 is 13.6 Å². The molecule has 4 bridgehead atoms. The van der Waals surface area contributed by atoms with Gasteiger partial charge >= 0.3 is 7.82 Å². The first-order valence-corrected chi connectivity index (χ1v) is 12.7. The van der Waals surface area contributed by atoms with Crippen molar-refractivity contribution in [3.05, 3.63) is 35.4 Å². The van der Waals surface area contributed by atoms with Gasteiger partial charge in [0.25, 0.3) is 0 Å². The Morgan fingerprint density at radius 3 is 2.12 bits per heavy atom. The van der Waals surface area contributed by atoms with Gasteiger partial charge in [-0.1, -0.05) is 12.1 Å². The largest absolute Gasteiger partial charge is 0.530 e. The minimum absolute atomic E-state index is 0.0552. The smallest absolute Gasteiger partial charge is 0.496 e. The molecule has 0 heterocycles. The molecule has 0 spiro atoms. The number of methoxy groups -OCH3 is 1. The van der Waals surface area contributed by atoms with E-state index in [0.717, 1.165) is 23.2 Å². The Labute approximate surface area is 189 Å². The highest BCUT2D eigenvalue weighted by atomic mass is 31.2. The van der Waals surface area contributed by atoms with Gasteiger partial charge in [-0.3, -0.25) is 9.05 Å². The second-order valence-corrected chi connectivity index (χ2v) is 10.4. The molecule has 0 aromatic heterocycles. The van der Waals surface area contributed by atoms with Gasteiger partial charge in [0.15, 0.2) is 0 Å². The highest BCUT2D eigenvalue weighted by Gasteiger charge is 2.46. The first-order chi connectivity index (χ1) is 15.5. The normalized spacial score (nSPS) is 25.8. The van der Waals surface area contributed by atoms with Crippen molar-refractivity contribution < 1.29 is 22.9 Å². The van der Waals surface area contributed by atoms with Gasteiger partial charge in [-0.2, -0.15) is 10.5 Å². The molecule has 1 aromatic rings. The van der Waals surface area contributed by atoms with E-state index in [-0.39, 0.29) is 26.1 Å². The number of nitriles is 2. The lowest BCUT2D eigenvalue weighted by Gasteiger charge is -2.51. The lowest BCUT2D eigenvalue weighted by Crippen LogP contribution is -2.40. The Hall–Kier alpha value is -2.31. The van der Waals surface area contributed by atoms with E-state index in [1.807, 2.05) is 24.3 Å². The van der Waals surface area contributed by atoms with Gasteiger partial charge in [0.2, 0.25) is 0 Å². The molecule has 0 unspecified atom stereocenters. The Balaban J connectivity index is 1.57. The van der Waals surface area contributed by atoms with Crippen LogP contribution in [0.2, 0.25) is 0 Å². The lowest BCUT2D eigenvalue weighted by atomic mass is 9.54. The summed E-state index contributed by atoms with van der Waals surface area (Å²) in [7, 11) is -2.26. The highest BCUT2D eigenvalue weighted by Crippen LogP contribution is 2.58. The summed E-state index contributed by atoms with van der Waals surface area (Å²) in [6.07, 6.45) is 6.50. The third-order valence-electron chi connectivity index (χ3n) is 6.72. The molecular formula is C24H29N2O5P. The number of ether oxygens (including phenoxy) is 1. The molecule has 32 heavy (non-hydrogen) atoms. The van der Waals surface area contributed by atoms with Crippen LogP contribution < -0.4 is 4.52 Å². The summed E-state index contributed by atoms with van der Waals surface area (Å²) in [5.74, 6) is 4.11. The van der Waals surface area contributed by atoms with Gasteiger partial charge in [-0.15, -0.1) is 0 Å². The standard InChI is InChI=1S/C24H29N2O5P/c1-28-24(23-20-12-17-11-18(14-20)15-21(23)13-17)19-5-2-6-22(16-19)31-32(27,29-9-3-7-25)30-10-4-8-26/h2,5-6,16-18,20-21H,3-4,9-15H2,1H3. The average molecular weight is 456 g/mol. The van der Waals surface area contributed by atoms with Crippen LogP contribution >= 0.6 is 7.82 Å². The van der Waals surface area contributed by atoms with Gasteiger partial charge in [0, 0.05) is 5.56 Å². The number of phosphoric acid groups is 1. The summed E-state index contributed by atoms with van der Waals surface area (Å²) in [4.78, 5) is 0. The van der Waals surface area contributed by atoms with E-state index in [1.165, 1.54) is 37.7 Å². The number of phosphoric ester groups is 1. The predicted octanol–water partition coefficient (Wildman–Crippen LogP) is 5.85. The Morgan fingerprint density at radius 1 is 1.00 bits per heavy atom. The lowest BCUT2D eigenvalue weighted by molar-refractivity contribution is 0.0675. The molecule has 170 valence electrons. The SMILES string of the molecule is COC(=C1C2CC3CC(C2)CC1C3)c1cccc(OP(=O)(OCCC#N)OCCC#N)c1. The van der Waals surface area contributed by atoms with Crippen LogP contribution in [-0.2, 0) is 18.3 Å². The van der Waals surface area contributed by atoms with Crippen LogP contribution in [0.4, 0.5) is 0 Å². The second-order valence-electron chi connectivity index (χ2n) is 8.84. The van der Waals surface area contributed by atoms with E-state index in [1.54, 1.807) is 19.2 Å². The van der Waals surface area contributed by atoms with Crippen molar-refractivity contribution in [2.75, 3.05) is 20.3 Å². The van der Waals surface area contributed by atoms with E-state index in [9.17, 15) is 4.57 Å². The predicted molar refractivity (Wildman–Crippen MR) is 118 cm³/mol. The monoisotopic (exact) mass is 456 g/mol. The molecule has 4 fully saturated rings. The quantitative estimate of drug-likeness (QED) is 0.247. The maximum atomic E-state index is 13.1. The van der Waals surface area contributed by atoms with Gasteiger partial charge in [0.05, 0.1) is 45.3 Å². The Morgan fingerprint density at radius 2 is 1.59 bits per heavy atom. The number of hydrogen-bond donors (Lipinski definition) is 0. The fourth-order valence-electron chi connectivity index (χ4n) is 5.78.